The third-order valence-electron chi connectivity index (χ3n) is 3.40. The maximum Gasteiger partial charge on any atom is 0.295 e. The van der Waals surface area contributed by atoms with Gasteiger partial charge in [0.15, 0.2) is 0 Å². The molecule has 1 fully saturated rings. The molecule has 3 rings (SSSR count). The van der Waals surface area contributed by atoms with Crippen LogP contribution >= 0.6 is 0 Å². The maximum absolute atomic E-state index is 12.3. The number of amides is 1. The molecule has 6 nitrogen and oxygen atoms in total. The van der Waals surface area contributed by atoms with E-state index in [4.69, 9.17) is 4.74 Å². The SMILES string of the molecule is O=C(C(=O)N1CCOCC1)c1c[nH]c2cc(O)ccc12. The van der Waals surface area contributed by atoms with E-state index in [9.17, 15) is 14.7 Å². The fourth-order valence-electron chi connectivity index (χ4n) is 2.33. The Balaban J connectivity index is 1.90. The number of phenols is 1. The van der Waals surface area contributed by atoms with Gasteiger partial charge in [-0.05, 0) is 12.1 Å². The smallest absolute Gasteiger partial charge is 0.295 e. The molecule has 0 unspecified atom stereocenters. The van der Waals surface area contributed by atoms with Crippen LogP contribution in [0.4, 0.5) is 0 Å². The quantitative estimate of drug-likeness (QED) is 0.630. The first-order chi connectivity index (χ1) is 9.66. The van der Waals surface area contributed by atoms with E-state index in [1.165, 1.54) is 23.2 Å². The highest BCUT2D eigenvalue weighted by Crippen LogP contribution is 2.23. The first-order valence-corrected chi connectivity index (χ1v) is 6.38. The van der Waals surface area contributed by atoms with Gasteiger partial charge in [0.2, 0.25) is 0 Å². The molecule has 1 aromatic heterocycles. The van der Waals surface area contributed by atoms with Gasteiger partial charge in [-0.1, -0.05) is 0 Å². The number of nitrogens with one attached hydrogen (secondary N) is 1. The Morgan fingerprint density at radius 1 is 1.25 bits per heavy atom. The van der Waals surface area contributed by atoms with Gasteiger partial charge < -0.3 is 19.7 Å². The van der Waals surface area contributed by atoms with Crippen molar-refractivity contribution in [3.63, 3.8) is 0 Å². The van der Waals surface area contributed by atoms with Crippen LogP contribution < -0.4 is 0 Å². The van der Waals surface area contributed by atoms with Gasteiger partial charge in [0.05, 0.1) is 18.8 Å². The highest BCUT2D eigenvalue weighted by molar-refractivity contribution is 6.44. The van der Waals surface area contributed by atoms with Crippen molar-refractivity contribution in [3.05, 3.63) is 30.0 Å². The minimum Gasteiger partial charge on any atom is -0.508 e. The number of benzene rings is 1. The zero-order valence-electron chi connectivity index (χ0n) is 10.8. The van der Waals surface area contributed by atoms with Crippen LogP contribution in [-0.4, -0.2) is 53.0 Å². The molecular weight excluding hydrogens is 260 g/mol. The second kappa shape index (κ2) is 4.97. The molecule has 20 heavy (non-hydrogen) atoms. The van der Waals surface area contributed by atoms with E-state index >= 15 is 0 Å². The number of hydrogen-bond acceptors (Lipinski definition) is 4. The van der Waals surface area contributed by atoms with E-state index < -0.39 is 11.7 Å². The molecule has 0 atom stereocenters. The lowest BCUT2D eigenvalue weighted by Crippen LogP contribution is -2.44. The number of aromatic amines is 1. The van der Waals surface area contributed by atoms with Gasteiger partial charge in [-0.15, -0.1) is 0 Å². The van der Waals surface area contributed by atoms with E-state index in [1.54, 1.807) is 6.07 Å². The Labute approximate surface area is 114 Å². The molecule has 1 aromatic carbocycles. The normalized spacial score (nSPS) is 15.5. The van der Waals surface area contributed by atoms with Gasteiger partial charge in [-0.2, -0.15) is 0 Å². The summed E-state index contributed by atoms with van der Waals surface area (Å²) in [5.74, 6) is -0.941. The van der Waals surface area contributed by atoms with Crippen LogP contribution in [0.5, 0.6) is 5.75 Å². The average Bonchev–Trinajstić information content (AvgIpc) is 2.89. The van der Waals surface area contributed by atoms with Gasteiger partial charge >= 0.3 is 0 Å². The summed E-state index contributed by atoms with van der Waals surface area (Å²) < 4.78 is 5.16. The summed E-state index contributed by atoms with van der Waals surface area (Å²) in [5, 5.41) is 10.0. The van der Waals surface area contributed by atoms with Crippen molar-refractivity contribution >= 4 is 22.6 Å². The number of rotatable bonds is 2. The highest BCUT2D eigenvalue weighted by atomic mass is 16.5. The van der Waals surface area contributed by atoms with Crippen molar-refractivity contribution in [1.29, 1.82) is 0 Å². The number of fused-ring (bicyclic) bond motifs is 1. The largest absolute Gasteiger partial charge is 0.508 e. The number of carbonyl (C=O) groups excluding carboxylic acids is 2. The number of ketones is 1. The zero-order valence-corrected chi connectivity index (χ0v) is 10.8. The summed E-state index contributed by atoms with van der Waals surface area (Å²) in [6, 6.07) is 4.64. The Kier molecular flexibility index (Phi) is 3.15. The van der Waals surface area contributed by atoms with Crippen LogP contribution in [0.2, 0.25) is 0 Å². The van der Waals surface area contributed by atoms with Gasteiger partial charge in [0.1, 0.15) is 5.75 Å². The summed E-state index contributed by atoms with van der Waals surface area (Å²) in [7, 11) is 0. The molecular formula is C14H14N2O4. The summed E-state index contributed by atoms with van der Waals surface area (Å²) in [6.07, 6.45) is 1.50. The number of aromatic nitrogens is 1. The van der Waals surface area contributed by atoms with Crippen molar-refractivity contribution in [3.8, 4) is 5.75 Å². The van der Waals surface area contributed by atoms with E-state index in [0.717, 1.165) is 0 Å². The van der Waals surface area contributed by atoms with Crippen LogP contribution in [0.25, 0.3) is 10.9 Å². The number of morpholine rings is 1. The molecule has 2 N–H and O–H groups in total. The number of Topliss-reactive ketones (excluding diaryl/α,β-unsaturated/α-hetero) is 1. The molecule has 1 saturated heterocycles. The van der Waals surface area contributed by atoms with Crippen LogP contribution in [0.1, 0.15) is 10.4 Å². The second-order valence-electron chi connectivity index (χ2n) is 4.67. The predicted molar refractivity (Wildman–Crippen MR) is 71.7 cm³/mol. The topological polar surface area (TPSA) is 82.6 Å². The minimum absolute atomic E-state index is 0.109. The van der Waals surface area contributed by atoms with Crippen LogP contribution in [0.15, 0.2) is 24.4 Å². The minimum atomic E-state index is -0.538. The van der Waals surface area contributed by atoms with Gasteiger partial charge in [0, 0.05) is 36.3 Å². The molecule has 1 aliphatic heterocycles. The summed E-state index contributed by atoms with van der Waals surface area (Å²) in [5.41, 5.74) is 0.958. The van der Waals surface area contributed by atoms with Crippen LogP contribution in [0, 0.1) is 0 Å². The van der Waals surface area contributed by atoms with Crippen molar-refractivity contribution in [2.24, 2.45) is 0 Å². The second-order valence-corrected chi connectivity index (χ2v) is 4.67. The molecule has 1 aliphatic rings. The number of ether oxygens (including phenoxy) is 1. The van der Waals surface area contributed by atoms with Gasteiger partial charge in [0.25, 0.3) is 11.7 Å². The maximum atomic E-state index is 12.3. The highest BCUT2D eigenvalue weighted by Gasteiger charge is 2.26. The molecule has 0 radical (unpaired) electrons. The molecule has 0 aliphatic carbocycles. The van der Waals surface area contributed by atoms with Crippen molar-refractivity contribution in [1.82, 2.24) is 9.88 Å². The third-order valence-corrected chi connectivity index (χ3v) is 3.40. The standard InChI is InChI=1S/C14H14N2O4/c17-9-1-2-10-11(8-15-12(10)7-9)13(18)14(19)16-3-5-20-6-4-16/h1-2,7-8,15,17H,3-6H2. The van der Waals surface area contributed by atoms with E-state index in [1.807, 2.05) is 0 Å². The molecule has 0 saturated carbocycles. The Morgan fingerprint density at radius 3 is 2.75 bits per heavy atom. The van der Waals surface area contributed by atoms with Gasteiger partial charge in [-0.3, -0.25) is 9.59 Å². The molecule has 1 amide bonds. The molecule has 2 heterocycles. The number of carbonyl (C=O) groups is 2. The monoisotopic (exact) mass is 274 g/mol. The Hall–Kier alpha value is -2.34. The lowest BCUT2D eigenvalue weighted by Gasteiger charge is -2.25. The summed E-state index contributed by atoms with van der Waals surface area (Å²) in [4.78, 5) is 28.9. The lowest BCUT2D eigenvalue weighted by atomic mass is 10.1. The van der Waals surface area contributed by atoms with E-state index in [0.29, 0.717) is 42.8 Å². The van der Waals surface area contributed by atoms with Crippen LogP contribution in [-0.2, 0) is 9.53 Å². The molecule has 6 heteroatoms. The first-order valence-electron chi connectivity index (χ1n) is 6.38. The van der Waals surface area contributed by atoms with Gasteiger partial charge in [-0.25, -0.2) is 0 Å². The number of hydrogen-bond donors (Lipinski definition) is 2. The number of phenolic OH excluding ortho intramolecular Hbond substituents is 1. The molecule has 104 valence electrons. The average molecular weight is 274 g/mol. The lowest BCUT2D eigenvalue weighted by molar-refractivity contribution is -0.130. The number of nitrogens with zero attached hydrogens (tertiary/aromatic N) is 1. The van der Waals surface area contributed by atoms with E-state index in [-0.39, 0.29) is 5.75 Å². The molecule has 0 spiro atoms. The zero-order chi connectivity index (χ0) is 14.1. The summed E-state index contributed by atoms with van der Waals surface area (Å²) >= 11 is 0. The van der Waals surface area contributed by atoms with Crippen molar-refractivity contribution in [2.45, 2.75) is 0 Å². The van der Waals surface area contributed by atoms with Crippen molar-refractivity contribution < 1.29 is 19.4 Å². The van der Waals surface area contributed by atoms with Crippen molar-refractivity contribution in [2.75, 3.05) is 26.3 Å². The third kappa shape index (κ3) is 2.14. The number of H-pyrrole nitrogens is 1. The number of aromatic hydroxyl groups is 1. The Bertz CT molecular complexity index is 671. The predicted octanol–water partition coefficient (Wildman–Crippen LogP) is 0.915. The fourth-order valence-corrected chi connectivity index (χ4v) is 2.33. The fraction of sp³-hybridized carbons (Fsp3) is 0.286. The molecule has 0 bridgehead atoms. The first kappa shape index (κ1) is 12.7. The van der Waals surface area contributed by atoms with Crippen LogP contribution in [0.3, 0.4) is 0 Å². The van der Waals surface area contributed by atoms with E-state index in [2.05, 4.69) is 4.98 Å². The molecule has 2 aromatic rings. The summed E-state index contributed by atoms with van der Waals surface area (Å²) in [6.45, 7) is 1.79. The Morgan fingerprint density at radius 2 is 2.00 bits per heavy atom.